The van der Waals surface area contributed by atoms with Gasteiger partial charge in [-0.05, 0) is 31.2 Å². The highest BCUT2D eigenvalue weighted by Gasteiger charge is 2.00. The van der Waals surface area contributed by atoms with Gasteiger partial charge in [0, 0.05) is 6.54 Å². The maximum Gasteiger partial charge on any atom is 0.165 e. The molecule has 0 atom stereocenters. The lowest BCUT2D eigenvalue weighted by atomic mass is 10.2. The molecule has 0 radical (unpaired) electrons. The molecule has 0 aliphatic heterocycles. The van der Waals surface area contributed by atoms with Crippen molar-refractivity contribution in [1.82, 2.24) is 9.78 Å². The minimum atomic E-state index is 0.622. The van der Waals surface area contributed by atoms with Crippen molar-refractivity contribution in [2.24, 2.45) is 0 Å². The summed E-state index contributed by atoms with van der Waals surface area (Å²) in [4.78, 5) is 0. The Balaban J connectivity index is 2.11. The first kappa shape index (κ1) is 10.2. The Morgan fingerprint density at radius 2 is 2.06 bits per heavy atom. The van der Waals surface area contributed by atoms with Crippen molar-refractivity contribution in [3.05, 3.63) is 42.2 Å². The predicted molar refractivity (Wildman–Crippen MR) is 59.1 cm³/mol. The van der Waals surface area contributed by atoms with Crippen LogP contribution in [-0.2, 0) is 6.54 Å². The fraction of sp³-hybridized carbons (Fsp3) is 0.167. The van der Waals surface area contributed by atoms with Crippen molar-refractivity contribution >= 4 is 0 Å². The van der Waals surface area contributed by atoms with Gasteiger partial charge in [0.05, 0.1) is 24.0 Å². The normalized spacial score (nSPS) is 9.75. The van der Waals surface area contributed by atoms with E-state index in [0.717, 1.165) is 6.54 Å². The number of benzene rings is 1. The number of hydrogen-bond acceptors (Lipinski definition) is 3. The van der Waals surface area contributed by atoms with E-state index < -0.39 is 0 Å². The fourth-order valence-corrected chi connectivity index (χ4v) is 1.30. The van der Waals surface area contributed by atoms with E-state index in [-0.39, 0.29) is 0 Å². The molecule has 2 aromatic rings. The molecule has 2 rings (SSSR count). The second-order valence-electron chi connectivity index (χ2n) is 3.27. The first-order chi connectivity index (χ1) is 7.81. The number of nitriles is 1. The lowest BCUT2D eigenvalue weighted by molar-refractivity contribution is 0.481. The molecular weight excluding hydrogens is 202 g/mol. The molecule has 0 unspecified atom stereocenters. The van der Waals surface area contributed by atoms with E-state index in [1.807, 2.05) is 13.1 Å². The largest absolute Gasteiger partial charge is 0.454 e. The van der Waals surface area contributed by atoms with Gasteiger partial charge in [0.15, 0.2) is 5.75 Å². The molecule has 0 fully saturated rings. The van der Waals surface area contributed by atoms with Gasteiger partial charge in [-0.2, -0.15) is 10.4 Å². The molecule has 4 heteroatoms. The van der Waals surface area contributed by atoms with Crippen LogP contribution in [0.3, 0.4) is 0 Å². The maximum absolute atomic E-state index is 8.65. The number of nitrogens with zero attached hydrogens (tertiary/aromatic N) is 3. The summed E-state index contributed by atoms with van der Waals surface area (Å²) >= 11 is 0. The van der Waals surface area contributed by atoms with E-state index in [2.05, 4.69) is 11.2 Å². The molecule has 0 saturated heterocycles. The monoisotopic (exact) mass is 213 g/mol. The third kappa shape index (κ3) is 2.20. The van der Waals surface area contributed by atoms with Crippen LogP contribution in [-0.4, -0.2) is 9.78 Å². The summed E-state index contributed by atoms with van der Waals surface area (Å²) in [5.74, 6) is 1.40. The number of aryl methyl sites for hydroxylation is 1. The summed E-state index contributed by atoms with van der Waals surface area (Å²) < 4.78 is 7.36. The van der Waals surface area contributed by atoms with Crippen LogP contribution in [0.25, 0.3) is 0 Å². The summed E-state index contributed by atoms with van der Waals surface area (Å²) in [6.07, 6.45) is 3.50. The minimum absolute atomic E-state index is 0.622. The van der Waals surface area contributed by atoms with Crippen LogP contribution in [0.4, 0.5) is 0 Å². The Morgan fingerprint density at radius 3 is 2.62 bits per heavy atom. The zero-order valence-corrected chi connectivity index (χ0v) is 8.92. The lowest BCUT2D eigenvalue weighted by Crippen LogP contribution is -1.92. The maximum atomic E-state index is 8.65. The van der Waals surface area contributed by atoms with Crippen molar-refractivity contribution < 1.29 is 4.74 Å². The molecule has 1 aromatic heterocycles. The summed E-state index contributed by atoms with van der Waals surface area (Å²) in [7, 11) is 0. The van der Waals surface area contributed by atoms with Crippen LogP contribution in [0.1, 0.15) is 12.5 Å². The van der Waals surface area contributed by atoms with Gasteiger partial charge in [-0.1, -0.05) is 0 Å². The van der Waals surface area contributed by atoms with Gasteiger partial charge >= 0.3 is 0 Å². The van der Waals surface area contributed by atoms with Gasteiger partial charge in [-0.25, -0.2) is 0 Å². The molecule has 0 aliphatic rings. The average molecular weight is 213 g/mol. The molecule has 0 saturated carbocycles. The van der Waals surface area contributed by atoms with E-state index >= 15 is 0 Å². The van der Waals surface area contributed by atoms with Crippen LogP contribution in [0, 0.1) is 11.3 Å². The number of hydrogen-bond donors (Lipinski definition) is 0. The summed E-state index contributed by atoms with van der Waals surface area (Å²) in [5.41, 5.74) is 0.622. The number of aromatic nitrogens is 2. The predicted octanol–water partition coefficient (Wildman–Crippen LogP) is 2.57. The van der Waals surface area contributed by atoms with E-state index in [1.165, 1.54) is 0 Å². The lowest BCUT2D eigenvalue weighted by Gasteiger charge is -2.01. The first-order valence-electron chi connectivity index (χ1n) is 5.02. The molecule has 16 heavy (non-hydrogen) atoms. The summed E-state index contributed by atoms with van der Waals surface area (Å²) in [6, 6.07) is 9.03. The zero-order valence-electron chi connectivity index (χ0n) is 8.92. The molecule has 0 bridgehead atoms. The van der Waals surface area contributed by atoms with Gasteiger partial charge in [0.25, 0.3) is 0 Å². The van der Waals surface area contributed by atoms with Crippen molar-refractivity contribution in [2.75, 3.05) is 0 Å². The first-order valence-corrected chi connectivity index (χ1v) is 5.02. The van der Waals surface area contributed by atoms with Crippen molar-refractivity contribution in [2.45, 2.75) is 13.5 Å². The Kier molecular flexibility index (Phi) is 2.88. The molecule has 0 aliphatic carbocycles. The van der Waals surface area contributed by atoms with Crippen LogP contribution >= 0.6 is 0 Å². The van der Waals surface area contributed by atoms with Gasteiger partial charge in [-0.15, -0.1) is 0 Å². The molecule has 1 heterocycles. The van der Waals surface area contributed by atoms with Gasteiger partial charge in [0.1, 0.15) is 5.75 Å². The highest BCUT2D eigenvalue weighted by Crippen LogP contribution is 2.20. The summed E-state index contributed by atoms with van der Waals surface area (Å²) in [5, 5.41) is 12.8. The highest BCUT2D eigenvalue weighted by molar-refractivity contribution is 5.36. The second-order valence-corrected chi connectivity index (χ2v) is 3.27. The van der Waals surface area contributed by atoms with Crippen molar-refractivity contribution in [3.63, 3.8) is 0 Å². The van der Waals surface area contributed by atoms with Crippen LogP contribution < -0.4 is 4.74 Å². The second kappa shape index (κ2) is 4.49. The van der Waals surface area contributed by atoms with E-state index in [1.54, 1.807) is 35.1 Å². The molecule has 4 nitrogen and oxygen atoms in total. The Labute approximate surface area is 93.7 Å². The molecule has 80 valence electrons. The van der Waals surface area contributed by atoms with E-state index in [0.29, 0.717) is 17.1 Å². The quantitative estimate of drug-likeness (QED) is 0.787. The van der Waals surface area contributed by atoms with Gasteiger partial charge < -0.3 is 4.74 Å². The van der Waals surface area contributed by atoms with E-state index in [9.17, 15) is 0 Å². The van der Waals surface area contributed by atoms with Crippen LogP contribution in [0.5, 0.6) is 11.5 Å². The van der Waals surface area contributed by atoms with Crippen LogP contribution in [0.2, 0.25) is 0 Å². The minimum Gasteiger partial charge on any atom is -0.454 e. The molecule has 1 aromatic carbocycles. The molecule has 0 amide bonds. The van der Waals surface area contributed by atoms with E-state index in [4.69, 9.17) is 10.00 Å². The topological polar surface area (TPSA) is 50.8 Å². The summed E-state index contributed by atoms with van der Waals surface area (Å²) in [6.45, 7) is 2.83. The van der Waals surface area contributed by atoms with Crippen molar-refractivity contribution in [3.8, 4) is 17.6 Å². The van der Waals surface area contributed by atoms with Gasteiger partial charge in [-0.3, -0.25) is 4.68 Å². The number of rotatable bonds is 3. The smallest absolute Gasteiger partial charge is 0.165 e. The standard InChI is InChI=1S/C12H11N3O/c1-2-15-9-12(8-14-15)16-11-5-3-10(7-13)4-6-11/h3-6,8-9H,2H2,1H3. The van der Waals surface area contributed by atoms with Crippen molar-refractivity contribution in [1.29, 1.82) is 5.26 Å². The molecular formula is C12H11N3O. The van der Waals surface area contributed by atoms with Gasteiger partial charge in [0.2, 0.25) is 0 Å². The fourth-order valence-electron chi connectivity index (χ4n) is 1.30. The SMILES string of the molecule is CCn1cc(Oc2ccc(C#N)cc2)cn1. The third-order valence-corrected chi connectivity index (χ3v) is 2.15. The third-order valence-electron chi connectivity index (χ3n) is 2.15. The Bertz CT molecular complexity index is 508. The number of ether oxygens (including phenoxy) is 1. The molecule has 0 spiro atoms. The Hall–Kier alpha value is -2.28. The Morgan fingerprint density at radius 1 is 1.31 bits per heavy atom. The van der Waals surface area contributed by atoms with Crippen LogP contribution in [0.15, 0.2) is 36.7 Å². The highest BCUT2D eigenvalue weighted by atomic mass is 16.5. The average Bonchev–Trinajstić information content (AvgIpc) is 2.78. The molecule has 0 N–H and O–H groups in total. The zero-order chi connectivity index (χ0) is 11.4.